The van der Waals surface area contributed by atoms with Gasteiger partial charge in [0.15, 0.2) is 0 Å². The van der Waals surface area contributed by atoms with Crippen molar-refractivity contribution < 1.29 is 19.8 Å². The molecule has 86 valence electrons. The second-order valence-electron chi connectivity index (χ2n) is 4.39. The zero-order valence-electron chi connectivity index (χ0n) is 9.01. The third kappa shape index (κ3) is 2.92. The maximum Gasteiger partial charge on any atom is 0.326 e. The molecule has 1 amide bonds. The lowest BCUT2D eigenvalue weighted by Crippen LogP contribution is -2.40. The van der Waals surface area contributed by atoms with Gasteiger partial charge in [-0.2, -0.15) is 0 Å². The largest absolute Gasteiger partial charge is 0.480 e. The van der Waals surface area contributed by atoms with Crippen molar-refractivity contribution in [3.63, 3.8) is 0 Å². The standard InChI is InChI=1S/C10H17NO4/c1-6(2)3-9(13)11-5-7(12)4-8(11)10(14)15/h6-8,12H,3-5H2,1-2H3,(H,14,15)/t7-,8-/m1/s1. The van der Waals surface area contributed by atoms with E-state index in [0.29, 0.717) is 6.42 Å². The van der Waals surface area contributed by atoms with Crippen LogP contribution < -0.4 is 0 Å². The molecule has 1 heterocycles. The lowest BCUT2D eigenvalue weighted by atomic mass is 10.1. The first kappa shape index (κ1) is 12.0. The molecule has 1 aliphatic rings. The summed E-state index contributed by atoms with van der Waals surface area (Å²) < 4.78 is 0. The minimum absolute atomic E-state index is 0.138. The maximum atomic E-state index is 11.7. The summed E-state index contributed by atoms with van der Waals surface area (Å²) in [6.45, 7) is 3.95. The molecule has 0 spiro atoms. The molecule has 0 aromatic rings. The predicted molar refractivity (Wildman–Crippen MR) is 53.2 cm³/mol. The average molecular weight is 215 g/mol. The Kier molecular flexibility index (Phi) is 3.68. The molecule has 2 atom stereocenters. The van der Waals surface area contributed by atoms with Crippen LogP contribution in [0.1, 0.15) is 26.7 Å². The first-order valence-electron chi connectivity index (χ1n) is 5.12. The summed E-state index contributed by atoms with van der Waals surface area (Å²) in [5.41, 5.74) is 0. The van der Waals surface area contributed by atoms with E-state index in [0.717, 1.165) is 0 Å². The van der Waals surface area contributed by atoms with Crippen LogP contribution in [-0.2, 0) is 9.59 Å². The zero-order chi connectivity index (χ0) is 11.6. The molecule has 1 fully saturated rings. The number of aliphatic hydroxyl groups is 1. The summed E-state index contributed by atoms with van der Waals surface area (Å²) in [6, 6.07) is -0.855. The van der Waals surface area contributed by atoms with Crippen molar-refractivity contribution in [2.24, 2.45) is 5.92 Å². The van der Waals surface area contributed by atoms with E-state index >= 15 is 0 Å². The Bertz CT molecular complexity index is 264. The first-order chi connectivity index (χ1) is 6.91. The minimum atomic E-state index is -1.04. The SMILES string of the molecule is CC(C)CC(=O)N1C[C@H](O)C[C@@H]1C(=O)O. The van der Waals surface area contributed by atoms with E-state index in [2.05, 4.69) is 0 Å². The van der Waals surface area contributed by atoms with Crippen LogP contribution in [0.3, 0.4) is 0 Å². The number of nitrogens with zero attached hydrogens (tertiary/aromatic N) is 1. The van der Waals surface area contributed by atoms with Gasteiger partial charge in [-0.1, -0.05) is 13.8 Å². The molecule has 0 aliphatic carbocycles. The number of carbonyl (C=O) groups is 2. The fraction of sp³-hybridized carbons (Fsp3) is 0.800. The number of aliphatic hydroxyl groups excluding tert-OH is 1. The van der Waals surface area contributed by atoms with Gasteiger partial charge in [-0.15, -0.1) is 0 Å². The van der Waals surface area contributed by atoms with Crippen molar-refractivity contribution in [2.75, 3.05) is 6.54 Å². The summed E-state index contributed by atoms with van der Waals surface area (Å²) in [7, 11) is 0. The van der Waals surface area contributed by atoms with Crippen LogP contribution in [0.2, 0.25) is 0 Å². The van der Waals surface area contributed by atoms with Gasteiger partial charge in [0.25, 0.3) is 0 Å². The smallest absolute Gasteiger partial charge is 0.326 e. The van der Waals surface area contributed by atoms with E-state index in [-0.39, 0.29) is 24.8 Å². The van der Waals surface area contributed by atoms with Crippen LogP contribution in [0.4, 0.5) is 0 Å². The number of hydrogen-bond donors (Lipinski definition) is 2. The van der Waals surface area contributed by atoms with Crippen molar-refractivity contribution in [1.29, 1.82) is 0 Å². The number of amides is 1. The molecule has 1 aliphatic heterocycles. The fourth-order valence-electron chi connectivity index (χ4n) is 1.79. The molecule has 0 bridgehead atoms. The maximum absolute atomic E-state index is 11.7. The van der Waals surface area contributed by atoms with Crippen LogP contribution in [0, 0.1) is 5.92 Å². The summed E-state index contributed by atoms with van der Waals surface area (Å²) in [5.74, 6) is -1.03. The molecule has 5 heteroatoms. The highest BCUT2D eigenvalue weighted by atomic mass is 16.4. The molecule has 5 nitrogen and oxygen atoms in total. The average Bonchev–Trinajstić information content (AvgIpc) is 2.46. The number of likely N-dealkylation sites (tertiary alicyclic amines) is 1. The van der Waals surface area contributed by atoms with Gasteiger partial charge in [-0.25, -0.2) is 4.79 Å². The van der Waals surface area contributed by atoms with E-state index in [9.17, 15) is 14.7 Å². The third-order valence-electron chi connectivity index (χ3n) is 2.47. The van der Waals surface area contributed by atoms with E-state index < -0.39 is 18.1 Å². The quantitative estimate of drug-likeness (QED) is 0.698. The minimum Gasteiger partial charge on any atom is -0.480 e. The van der Waals surface area contributed by atoms with Gasteiger partial charge >= 0.3 is 5.97 Å². The summed E-state index contributed by atoms with van der Waals surface area (Å²) in [6.07, 6.45) is -0.238. The second kappa shape index (κ2) is 4.61. The lowest BCUT2D eigenvalue weighted by Gasteiger charge is -2.21. The van der Waals surface area contributed by atoms with Crippen molar-refractivity contribution in [3.8, 4) is 0 Å². The Balaban J connectivity index is 2.66. The second-order valence-corrected chi connectivity index (χ2v) is 4.39. The molecule has 0 unspecified atom stereocenters. The number of carboxylic acid groups (broad SMARTS) is 1. The van der Waals surface area contributed by atoms with Crippen molar-refractivity contribution in [3.05, 3.63) is 0 Å². The Hall–Kier alpha value is -1.10. The van der Waals surface area contributed by atoms with Crippen LogP contribution in [0.5, 0.6) is 0 Å². The summed E-state index contributed by atoms with van der Waals surface area (Å²) in [5, 5.41) is 18.2. The van der Waals surface area contributed by atoms with Crippen LogP contribution in [0.15, 0.2) is 0 Å². The number of β-amino-alcohol motifs (C(OH)–C–C–N with tert-alkyl or cyclic N) is 1. The summed E-state index contributed by atoms with van der Waals surface area (Å²) >= 11 is 0. The van der Waals surface area contributed by atoms with Gasteiger partial charge in [0, 0.05) is 19.4 Å². The highest BCUT2D eigenvalue weighted by Gasteiger charge is 2.38. The van der Waals surface area contributed by atoms with Gasteiger partial charge in [0.2, 0.25) is 5.91 Å². The monoisotopic (exact) mass is 215 g/mol. The highest BCUT2D eigenvalue weighted by molar-refractivity contribution is 5.84. The Morgan fingerprint density at radius 1 is 1.47 bits per heavy atom. The van der Waals surface area contributed by atoms with Gasteiger partial charge < -0.3 is 15.1 Å². The molecule has 1 saturated heterocycles. The molecule has 0 saturated carbocycles. The molecule has 0 aromatic heterocycles. The normalized spacial score (nSPS) is 26.0. The predicted octanol–water partition coefficient (Wildman–Crippen LogP) is 0.0789. The van der Waals surface area contributed by atoms with E-state index in [4.69, 9.17) is 5.11 Å². The molecular formula is C10H17NO4. The van der Waals surface area contributed by atoms with Crippen LogP contribution >= 0.6 is 0 Å². The molecule has 2 N–H and O–H groups in total. The topological polar surface area (TPSA) is 77.8 Å². The lowest BCUT2D eigenvalue weighted by molar-refractivity contribution is -0.148. The van der Waals surface area contributed by atoms with Crippen molar-refractivity contribution in [1.82, 2.24) is 4.90 Å². The van der Waals surface area contributed by atoms with Crippen molar-refractivity contribution in [2.45, 2.75) is 38.8 Å². The molecule has 0 aromatic carbocycles. The number of hydrogen-bond acceptors (Lipinski definition) is 3. The van der Waals surface area contributed by atoms with Crippen LogP contribution in [-0.4, -0.2) is 45.7 Å². The van der Waals surface area contributed by atoms with Gasteiger partial charge in [-0.05, 0) is 5.92 Å². The molecule has 15 heavy (non-hydrogen) atoms. The fourth-order valence-corrected chi connectivity index (χ4v) is 1.79. The van der Waals surface area contributed by atoms with E-state index in [1.165, 1.54) is 4.90 Å². The number of aliphatic carboxylic acids is 1. The number of rotatable bonds is 3. The Labute approximate surface area is 88.7 Å². The van der Waals surface area contributed by atoms with Crippen molar-refractivity contribution >= 4 is 11.9 Å². The van der Waals surface area contributed by atoms with E-state index in [1.54, 1.807) is 0 Å². The molecular weight excluding hydrogens is 198 g/mol. The third-order valence-corrected chi connectivity index (χ3v) is 2.47. The van der Waals surface area contributed by atoms with Gasteiger partial charge in [0.05, 0.1) is 6.10 Å². The number of carboxylic acids is 1. The Morgan fingerprint density at radius 2 is 2.07 bits per heavy atom. The van der Waals surface area contributed by atoms with Gasteiger partial charge in [0.1, 0.15) is 6.04 Å². The highest BCUT2D eigenvalue weighted by Crippen LogP contribution is 2.20. The Morgan fingerprint density at radius 3 is 2.53 bits per heavy atom. The molecule has 1 rings (SSSR count). The van der Waals surface area contributed by atoms with E-state index in [1.807, 2.05) is 13.8 Å². The summed E-state index contributed by atoms with van der Waals surface area (Å²) in [4.78, 5) is 23.8. The first-order valence-corrected chi connectivity index (χ1v) is 5.12. The number of carbonyl (C=O) groups excluding carboxylic acids is 1. The molecule has 0 radical (unpaired) electrons. The van der Waals surface area contributed by atoms with Gasteiger partial charge in [-0.3, -0.25) is 4.79 Å². The zero-order valence-corrected chi connectivity index (χ0v) is 9.01. The van der Waals surface area contributed by atoms with Crippen LogP contribution in [0.25, 0.3) is 0 Å².